The second-order valence-electron chi connectivity index (χ2n) is 5.48. The molecule has 18 heavy (non-hydrogen) atoms. The molecule has 2 aliphatic rings. The summed E-state index contributed by atoms with van der Waals surface area (Å²) in [5, 5.41) is 2.80. The van der Waals surface area contributed by atoms with E-state index in [9.17, 15) is 9.59 Å². The molecule has 1 saturated carbocycles. The van der Waals surface area contributed by atoms with Crippen LogP contribution in [0.2, 0.25) is 0 Å². The molecule has 2 fully saturated rings. The van der Waals surface area contributed by atoms with E-state index in [0.29, 0.717) is 19.6 Å². The fraction of sp³-hybridized carbons (Fsp3) is 0.846. The van der Waals surface area contributed by atoms with E-state index in [2.05, 4.69) is 5.32 Å². The molecule has 5 heteroatoms. The smallest absolute Gasteiger partial charge is 0.239 e. The second kappa shape index (κ2) is 5.69. The maximum absolute atomic E-state index is 12.7. The topological polar surface area (TPSA) is 75.4 Å². The van der Waals surface area contributed by atoms with Gasteiger partial charge in [-0.2, -0.15) is 0 Å². The maximum atomic E-state index is 12.7. The van der Waals surface area contributed by atoms with Gasteiger partial charge in [0.1, 0.15) is 0 Å². The number of nitrogens with one attached hydrogen (secondary N) is 1. The molecule has 0 spiro atoms. The van der Waals surface area contributed by atoms with Crippen LogP contribution in [0.4, 0.5) is 0 Å². The van der Waals surface area contributed by atoms with Crippen molar-refractivity contribution in [2.75, 3.05) is 26.2 Å². The van der Waals surface area contributed by atoms with E-state index in [-0.39, 0.29) is 18.4 Å². The number of carbonyl (C=O) groups is 2. The standard InChI is InChI=1S/C13H23N3O2/c14-10-13(5-2-1-3-6-13)12(18)16-8-4-7-15-11(17)9-16/h1-10,14H2,(H,15,17). The fourth-order valence-corrected chi connectivity index (χ4v) is 3.05. The highest BCUT2D eigenvalue weighted by atomic mass is 16.2. The Morgan fingerprint density at radius 2 is 2.00 bits per heavy atom. The first kappa shape index (κ1) is 13.3. The Balaban J connectivity index is 2.09. The zero-order valence-electron chi connectivity index (χ0n) is 10.9. The Hall–Kier alpha value is -1.10. The summed E-state index contributed by atoms with van der Waals surface area (Å²) in [5.41, 5.74) is 5.47. The van der Waals surface area contributed by atoms with Gasteiger partial charge >= 0.3 is 0 Å². The van der Waals surface area contributed by atoms with Crippen molar-refractivity contribution in [3.05, 3.63) is 0 Å². The first-order valence-corrected chi connectivity index (χ1v) is 6.94. The van der Waals surface area contributed by atoms with E-state index in [0.717, 1.165) is 32.1 Å². The molecule has 0 unspecified atom stereocenters. The third-order valence-electron chi connectivity index (χ3n) is 4.20. The molecule has 0 bridgehead atoms. The summed E-state index contributed by atoms with van der Waals surface area (Å²) in [4.78, 5) is 25.9. The monoisotopic (exact) mass is 253 g/mol. The Labute approximate surface area is 108 Å². The molecule has 0 aromatic carbocycles. The molecule has 0 aromatic heterocycles. The van der Waals surface area contributed by atoms with Crippen LogP contribution in [0.1, 0.15) is 38.5 Å². The largest absolute Gasteiger partial charge is 0.354 e. The van der Waals surface area contributed by atoms with Crippen LogP contribution in [0.5, 0.6) is 0 Å². The lowest BCUT2D eigenvalue weighted by Crippen LogP contribution is -2.50. The summed E-state index contributed by atoms with van der Waals surface area (Å²) in [6.07, 6.45) is 5.92. The molecular formula is C13H23N3O2. The van der Waals surface area contributed by atoms with Gasteiger partial charge in [-0.3, -0.25) is 9.59 Å². The molecule has 1 aliphatic carbocycles. The number of hydrogen-bond acceptors (Lipinski definition) is 3. The Bertz CT molecular complexity index is 324. The molecular weight excluding hydrogens is 230 g/mol. The lowest BCUT2D eigenvalue weighted by Gasteiger charge is -2.38. The summed E-state index contributed by atoms with van der Waals surface area (Å²) < 4.78 is 0. The van der Waals surface area contributed by atoms with Crippen molar-refractivity contribution in [3.63, 3.8) is 0 Å². The maximum Gasteiger partial charge on any atom is 0.239 e. The van der Waals surface area contributed by atoms with Crippen molar-refractivity contribution in [1.82, 2.24) is 10.2 Å². The minimum absolute atomic E-state index is 0.0520. The van der Waals surface area contributed by atoms with E-state index < -0.39 is 5.41 Å². The summed E-state index contributed by atoms with van der Waals surface area (Å²) in [6, 6.07) is 0. The number of carbonyl (C=O) groups excluding carboxylic acids is 2. The predicted molar refractivity (Wildman–Crippen MR) is 68.8 cm³/mol. The van der Waals surface area contributed by atoms with Crippen molar-refractivity contribution in [1.29, 1.82) is 0 Å². The van der Waals surface area contributed by atoms with E-state index in [4.69, 9.17) is 5.73 Å². The molecule has 102 valence electrons. The molecule has 1 saturated heterocycles. The molecule has 0 radical (unpaired) electrons. The molecule has 1 heterocycles. The second-order valence-corrected chi connectivity index (χ2v) is 5.48. The third kappa shape index (κ3) is 2.66. The summed E-state index contributed by atoms with van der Waals surface area (Å²) in [5.74, 6) is 0.0468. The molecule has 5 nitrogen and oxygen atoms in total. The number of hydrogen-bond donors (Lipinski definition) is 2. The van der Waals surface area contributed by atoms with Crippen LogP contribution in [0.3, 0.4) is 0 Å². The molecule has 1 aliphatic heterocycles. The molecule has 0 aromatic rings. The van der Waals surface area contributed by atoms with Crippen LogP contribution in [0.25, 0.3) is 0 Å². The van der Waals surface area contributed by atoms with Gasteiger partial charge in [0.25, 0.3) is 0 Å². The first-order valence-electron chi connectivity index (χ1n) is 6.94. The minimum atomic E-state index is -0.400. The van der Waals surface area contributed by atoms with Crippen LogP contribution >= 0.6 is 0 Å². The molecule has 3 N–H and O–H groups in total. The van der Waals surface area contributed by atoms with Gasteiger partial charge in [0.15, 0.2) is 0 Å². The summed E-state index contributed by atoms with van der Waals surface area (Å²) in [7, 11) is 0. The van der Waals surface area contributed by atoms with Crippen LogP contribution in [0, 0.1) is 5.41 Å². The highest BCUT2D eigenvalue weighted by Gasteiger charge is 2.41. The normalized spacial score (nSPS) is 24.3. The van der Waals surface area contributed by atoms with Gasteiger partial charge in [-0.05, 0) is 19.3 Å². The van der Waals surface area contributed by atoms with Gasteiger partial charge in [0, 0.05) is 19.6 Å². The summed E-state index contributed by atoms with van der Waals surface area (Å²) >= 11 is 0. The predicted octanol–water partition coefficient (Wildman–Crippen LogP) is 0.244. The lowest BCUT2D eigenvalue weighted by atomic mass is 9.73. The number of nitrogens with zero attached hydrogens (tertiary/aromatic N) is 1. The first-order chi connectivity index (χ1) is 8.68. The van der Waals surface area contributed by atoms with Crippen molar-refractivity contribution in [3.8, 4) is 0 Å². The van der Waals surface area contributed by atoms with E-state index in [1.807, 2.05) is 0 Å². The highest BCUT2D eigenvalue weighted by Crippen LogP contribution is 2.37. The van der Waals surface area contributed by atoms with Gasteiger partial charge in [0.05, 0.1) is 12.0 Å². The average molecular weight is 253 g/mol. The third-order valence-corrected chi connectivity index (χ3v) is 4.20. The van der Waals surface area contributed by atoms with Crippen molar-refractivity contribution < 1.29 is 9.59 Å². The number of rotatable bonds is 2. The fourth-order valence-electron chi connectivity index (χ4n) is 3.05. The molecule has 2 rings (SSSR count). The number of nitrogens with two attached hydrogens (primary N) is 1. The van der Waals surface area contributed by atoms with E-state index in [1.54, 1.807) is 4.90 Å². The Morgan fingerprint density at radius 3 is 2.67 bits per heavy atom. The molecule has 2 amide bonds. The Morgan fingerprint density at radius 1 is 1.28 bits per heavy atom. The van der Waals surface area contributed by atoms with Gasteiger partial charge in [-0.15, -0.1) is 0 Å². The highest BCUT2D eigenvalue weighted by molar-refractivity contribution is 5.88. The zero-order valence-corrected chi connectivity index (χ0v) is 10.9. The Kier molecular flexibility index (Phi) is 4.22. The van der Waals surface area contributed by atoms with Crippen LogP contribution < -0.4 is 11.1 Å². The average Bonchev–Trinajstić information content (AvgIpc) is 2.63. The molecule has 0 atom stereocenters. The van der Waals surface area contributed by atoms with Gasteiger partial charge < -0.3 is 16.0 Å². The van der Waals surface area contributed by atoms with Crippen molar-refractivity contribution >= 4 is 11.8 Å². The van der Waals surface area contributed by atoms with E-state index >= 15 is 0 Å². The van der Waals surface area contributed by atoms with Crippen LogP contribution in [-0.2, 0) is 9.59 Å². The summed E-state index contributed by atoms with van der Waals surface area (Å²) in [6.45, 7) is 1.93. The van der Waals surface area contributed by atoms with Crippen LogP contribution in [0.15, 0.2) is 0 Å². The van der Waals surface area contributed by atoms with Gasteiger partial charge in [-0.25, -0.2) is 0 Å². The zero-order chi connectivity index (χ0) is 13.0. The SMILES string of the molecule is NCC1(C(=O)N2CCCNC(=O)C2)CCCCC1. The van der Waals surface area contributed by atoms with E-state index in [1.165, 1.54) is 6.42 Å². The quantitative estimate of drug-likeness (QED) is 0.740. The van der Waals surface area contributed by atoms with Crippen molar-refractivity contribution in [2.45, 2.75) is 38.5 Å². The number of amides is 2. The lowest BCUT2D eigenvalue weighted by molar-refractivity contribution is -0.145. The minimum Gasteiger partial charge on any atom is -0.354 e. The van der Waals surface area contributed by atoms with Gasteiger partial charge in [-0.1, -0.05) is 19.3 Å². The van der Waals surface area contributed by atoms with Crippen molar-refractivity contribution in [2.24, 2.45) is 11.1 Å². The van der Waals surface area contributed by atoms with Gasteiger partial charge in [0.2, 0.25) is 11.8 Å². The van der Waals surface area contributed by atoms with Crippen LogP contribution in [-0.4, -0.2) is 42.9 Å².